The Kier molecular flexibility index (Phi) is 3.05. The Balaban J connectivity index is 3.17. The number of nitriles is 1. The molecule has 1 rings (SSSR count). The molecule has 0 aromatic heterocycles. The molecule has 1 aromatic rings. The lowest BCUT2D eigenvalue weighted by Gasteiger charge is -2.00. The third-order valence-corrected chi connectivity index (χ3v) is 1.94. The van der Waals surface area contributed by atoms with Crippen LogP contribution in [0.3, 0.4) is 0 Å². The highest BCUT2D eigenvalue weighted by atomic mass is 35.5. The number of hydrogen-bond donors (Lipinski definition) is 0. The number of benzene rings is 1. The molecule has 0 amide bonds. The van der Waals surface area contributed by atoms with Gasteiger partial charge in [-0.2, -0.15) is 5.26 Å². The second kappa shape index (κ2) is 4.06. The number of halogens is 2. The molecule has 0 heterocycles. The van der Waals surface area contributed by atoms with Crippen LogP contribution < -0.4 is 0 Å². The van der Waals surface area contributed by atoms with Crippen molar-refractivity contribution in [1.29, 1.82) is 5.26 Å². The van der Waals surface area contributed by atoms with Crippen molar-refractivity contribution in [2.75, 3.05) is 0 Å². The molecule has 0 saturated carbocycles. The van der Waals surface area contributed by atoms with Crippen LogP contribution in [0, 0.1) is 24.1 Å². The summed E-state index contributed by atoms with van der Waals surface area (Å²) < 4.78 is 12.9. The molecule has 66 valence electrons. The Bertz CT molecular complexity index is 391. The molecule has 0 aliphatic rings. The van der Waals surface area contributed by atoms with E-state index in [1.165, 1.54) is 12.1 Å². The van der Waals surface area contributed by atoms with Gasteiger partial charge in [0.15, 0.2) is 0 Å². The van der Waals surface area contributed by atoms with Crippen molar-refractivity contribution in [2.24, 2.45) is 0 Å². The molecular formula is C10H7ClFN. The predicted molar refractivity (Wildman–Crippen MR) is 50.8 cm³/mol. The molecule has 0 bridgehead atoms. The monoisotopic (exact) mass is 195 g/mol. The molecule has 1 nitrogen and oxygen atoms in total. The van der Waals surface area contributed by atoms with E-state index in [1.807, 2.05) is 6.07 Å². The molecule has 0 unspecified atom stereocenters. The Morgan fingerprint density at radius 3 is 2.85 bits per heavy atom. The zero-order valence-electron chi connectivity index (χ0n) is 7.01. The maximum atomic E-state index is 12.9. The molecule has 0 spiro atoms. The maximum Gasteiger partial charge on any atom is 0.127 e. The van der Waals surface area contributed by atoms with Gasteiger partial charge in [-0.05, 0) is 36.3 Å². The van der Waals surface area contributed by atoms with Gasteiger partial charge in [0.05, 0.1) is 11.1 Å². The minimum atomic E-state index is -0.334. The summed E-state index contributed by atoms with van der Waals surface area (Å²) in [6, 6.07) is 4.69. The third-order valence-electron chi connectivity index (χ3n) is 1.62. The zero-order chi connectivity index (χ0) is 9.84. The largest absolute Gasteiger partial charge is 0.207 e. The molecule has 13 heavy (non-hydrogen) atoms. The molecule has 1 aromatic carbocycles. The zero-order valence-corrected chi connectivity index (χ0v) is 7.77. The lowest BCUT2D eigenvalue weighted by Crippen LogP contribution is -1.84. The van der Waals surface area contributed by atoms with Crippen LogP contribution in [0.2, 0.25) is 5.02 Å². The first-order chi connectivity index (χ1) is 6.15. The number of rotatable bonds is 1. The van der Waals surface area contributed by atoms with Crippen molar-refractivity contribution in [3.63, 3.8) is 0 Å². The summed E-state index contributed by atoms with van der Waals surface area (Å²) in [6.45, 7) is 1.65. The van der Waals surface area contributed by atoms with Gasteiger partial charge in [0, 0.05) is 6.08 Å². The third kappa shape index (κ3) is 2.30. The summed E-state index contributed by atoms with van der Waals surface area (Å²) in [6.07, 6.45) is 2.85. The fraction of sp³-hybridized carbons (Fsp3) is 0.100. The highest BCUT2D eigenvalue weighted by molar-refractivity contribution is 6.32. The van der Waals surface area contributed by atoms with Gasteiger partial charge in [0.25, 0.3) is 0 Å². The van der Waals surface area contributed by atoms with Gasteiger partial charge in [-0.15, -0.1) is 0 Å². The van der Waals surface area contributed by atoms with Crippen LogP contribution in [0.1, 0.15) is 11.1 Å². The van der Waals surface area contributed by atoms with Crippen molar-refractivity contribution in [3.8, 4) is 6.07 Å². The molecule has 3 heteroatoms. The molecule has 0 radical (unpaired) electrons. The summed E-state index contributed by atoms with van der Waals surface area (Å²) in [5, 5.41) is 8.60. The fourth-order valence-electron chi connectivity index (χ4n) is 0.934. The average molecular weight is 196 g/mol. The number of hydrogen-bond acceptors (Lipinski definition) is 1. The quantitative estimate of drug-likeness (QED) is 0.631. The Labute approximate surface area is 81.1 Å². The Morgan fingerprint density at radius 1 is 1.54 bits per heavy atom. The van der Waals surface area contributed by atoms with Crippen molar-refractivity contribution in [2.45, 2.75) is 6.92 Å². The Hall–Kier alpha value is -1.33. The van der Waals surface area contributed by atoms with Gasteiger partial charge in [0.1, 0.15) is 5.82 Å². The van der Waals surface area contributed by atoms with E-state index in [2.05, 4.69) is 0 Å². The van der Waals surface area contributed by atoms with Crippen LogP contribution in [0.25, 0.3) is 6.08 Å². The van der Waals surface area contributed by atoms with E-state index in [1.54, 1.807) is 19.1 Å². The van der Waals surface area contributed by atoms with Crippen molar-refractivity contribution >= 4 is 17.7 Å². The second-order valence-corrected chi connectivity index (χ2v) is 2.99. The van der Waals surface area contributed by atoms with E-state index in [0.717, 1.165) is 0 Å². The normalized spacial score (nSPS) is 10.3. The lowest BCUT2D eigenvalue weighted by molar-refractivity contribution is 0.618. The van der Waals surface area contributed by atoms with E-state index in [-0.39, 0.29) is 5.82 Å². The first-order valence-electron chi connectivity index (χ1n) is 3.67. The van der Waals surface area contributed by atoms with Gasteiger partial charge in [-0.3, -0.25) is 0 Å². The molecule has 0 fully saturated rings. The van der Waals surface area contributed by atoms with Crippen LogP contribution in [0.4, 0.5) is 4.39 Å². The lowest BCUT2D eigenvalue weighted by atomic mass is 10.1. The van der Waals surface area contributed by atoms with Crippen LogP contribution in [-0.4, -0.2) is 0 Å². The summed E-state index contributed by atoms with van der Waals surface area (Å²) in [4.78, 5) is 0. The van der Waals surface area contributed by atoms with Gasteiger partial charge < -0.3 is 0 Å². The van der Waals surface area contributed by atoms with Crippen molar-refractivity contribution in [1.82, 2.24) is 0 Å². The summed E-state index contributed by atoms with van der Waals surface area (Å²) in [5.41, 5.74) is 1.17. The standard InChI is InChI=1S/C10H7ClFN/c1-7-5-8(3-2-4-13)9(11)6-10(7)12/h2-3,5-6H,1H3/b3-2+. The van der Waals surface area contributed by atoms with E-state index in [9.17, 15) is 4.39 Å². The number of allylic oxidation sites excluding steroid dienone is 1. The molecule has 0 aliphatic heterocycles. The first-order valence-corrected chi connectivity index (χ1v) is 4.04. The van der Waals surface area contributed by atoms with Crippen LogP contribution >= 0.6 is 11.6 Å². The van der Waals surface area contributed by atoms with Crippen LogP contribution in [0.15, 0.2) is 18.2 Å². The SMILES string of the molecule is Cc1cc(/C=C/C#N)c(Cl)cc1F. The Morgan fingerprint density at radius 2 is 2.23 bits per heavy atom. The van der Waals surface area contributed by atoms with E-state index >= 15 is 0 Å². The summed E-state index contributed by atoms with van der Waals surface area (Å²) in [5.74, 6) is -0.334. The minimum absolute atomic E-state index is 0.314. The van der Waals surface area contributed by atoms with E-state index in [4.69, 9.17) is 16.9 Å². The molecule has 0 N–H and O–H groups in total. The average Bonchev–Trinajstić information content (AvgIpc) is 2.09. The molecule has 0 atom stereocenters. The van der Waals surface area contributed by atoms with E-state index in [0.29, 0.717) is 16.1 Å². The first kappa shape index (κ1) is 9.76. The number of nitrogens with zero attached hydrogens (tertiary/aromatic N) is 1. The molecule has 0 saturated heterocycles. The van der Waals surface area contributed by atoms with E-state index < -0.39 is 0 Å². The van der Waals surface area contributed by atoms with Crippen LogP contribution in [0.5, 0.6) is 0 Å². The molecule has 0 aliphatic carbocycles. The predicted octanol–water partition coefficient (Wildman–Crippen LogP) is 3.32. The highest BCUT2D eigenvalue weighted by Crippen LogP contribution is 2.21. The van der Waals surface area contributed by atoms with Crippen molar-refractivity contribution < 1.29 is 4.39 Å². The summed E-state index contributed by atoms with van der Waals surface area (Å²) >= 11 is 5.74. The second-order valence-electron chi connectivity index (χ2n) is 2.59. The van der Waals surface area contributed by atoms with Gasteiger partial charge in [0.2, 0.25) is 0 Å². The summed E-state index contributed by atoms with van der Waals surface area (Å²) in [7, 11) is 0. The molecular weight excluding hydrogens is 189 g/mol. The maximum absolute atomic E-state index is 12.9. The highest BCUT2D eigenvalue weighted by Gasteiger charge is 2.02. The fourth-order valence-corrected chi connectivity index (χ4v) is 1.15. The number of aryl methyl sites for hydroxylation is 1. The van der Waals surface area contributed by atoms with Crippen molar-refractivity contribution in [3.05, 3.63) is 40.2 Å². The van der Waals surface area contributed by atoms with Gasteiger partial charge in [-0.1, -0.05) is 11.6 Å². The van der Waals surface area contributed by atoms with Gasteiger partial charge >= 0.3 is 0 Å². The van der Waals surface area contributed by atoms with Gasteiger partial charge in [-0.25, -0.2) is 4.39 Å². The topological polar surface area (TPSA) is 23.8 Å². The smallest absolute Gasteiger partial charge is 0.127 e. The minimum Gasteiger partial charge on any atom is -0.207 e. The van der Waals surface area contributed by atoms with Crippen LogP contribution in [-0.2, 0) is 0 Å².